The lowest BCUT2D eigenvalue weighted by Crippen LogP contribution is -2.11. The van der Waals surface area contributed by atoms with Crippen LogP contribution in [-0.4, -0.2) is 11.5 Å². The number of benzene rings is 1. The molecule has 0 unspecified atom stereocenters. The van der Waals surface area contributed by atoms with Crippen LogP contribution >= 0.6 is 23.8 Å². The number of hydrogen-bond acceptors (Lipinski definition) is 2. The molecule has 0 aromatic heterocycles. The van der Waals surface area contributed by atoms with Crippen molar-refractivity contribution < 1.29 is 0 Å². The molecule has 1 fully saturated rings. The largest absolute Gasteiger partial charge is 0.389 e. The van der Waals surface area contributed by atoms with Crippen molar-refractivity contribution in [2.75, 3.05) is 11.9 Å². The highest BCUT2D eigenvalue weighted by Gasteiger charge is 2.63. The molecule has 0 bridgehead atoms. The second-order valence-corrected chi connectivity index (χ2v) is 7.28. The molecule has 0 spiro atoms. The second kappa shape index (κ2) is 4.64. The smallest absolute Gasteiger partial charge is 0.105 e. The van der Waals surface area contributed by atoms with Crippen molar-refractivity contribution in [1.29, 1.82) is 0 Å². The molecule has 104 valence electrons. The average Bonchev–Trinajstić information content (AvgIpc) is 2.66. The molecule has 0 amide bonds. The highest BCUT2D eigenvalue weighted by atomic mass is 35.5. The fourth-order valence-electron chi connectivity index (χ4n) is 2.89. The minimum atomic E-state index is 0.334. The van der Waals surface area contributed by atoms with Crippen LogP contribution < -0.4 is 11.1 Å². The monoisotopic (exact) mass is 296 g/mol. The Kier molecular flexibility index (Phi) is 3.56. The zero-order valence-electron chi connectivity index (χ0n) is 11.9. The van der Waals surface area contributed by atoms with Crippen molar-refractivity contribution in [3.63, 3.8) is 0 Å². The fourth-order valence-corrected chi connectivity index (χ4v) is 3.40. The van der Waals surface area contributed by atoms with Crippen LogP contribution in [0.15, 0.2) is 18.2 Å². The molecule has 0 radical (unpaired) electrons. The lowest BCUT2D eigenvalue weighted by molar-refractivity contribution is 0.457. The van der Waals surface area contributed by atoms with Gasteiger partial charge < -0.3 is 11.1 Å². The van der Waals surface area contributed by atoms with Crippen molar-refractivity contribution in [1.82, 2.24) is 0 Å². The van der Waals surface area contributed by atoms with Crippen molar-refractivity contribution >= 4 is 34.5 Å². The van der Waals surface area contributed by atoms with Crippen LogP contribution in [0.5, 0.6) is 0 Å². The number of rotatable bonds is 4. The molecule has 0 saturated heterocycles. The molecule has 1 aliphatic carbocycles. The van der Waals surface area contributed by atoms with Crippen LogP contribution in [0.2, 0.25) is 5.02 Å². The Labute approximate surface area is 125 Å². The first kappa shape index (κ1) is 14.6. The lowest BCUT2D eigenvalue weighted by Gasteiger charge is -2.10. The van der Waals surface area contributed by atoms with Gasteiger partial charge in [-0.1, -0.05) is 51.5 Å². The van der Waals surface area contributed by atoms with Crippen molar-refractivity contribution in [2.45, 2.75) is 27.7 Å². The number of thiocarbonyl (C=S) groups is 1. The fraction of sp³-hybridized carbons (Fsp3) is 0.533. The van der Waals surface area contributed by atoms with Gasteiger partial charge in [-0.15, -0.1) is 0 Å². The van der Waals surface area contributed by atoms with E-state index in [4.69, 9.17) is 29.6 Å². The zero-order chi connectivity index (χ0) is 14.4. The minimum absolute atomic E-state index is 0.334. The van der Waals surface area contributed by atoms with Gasteiger partial charge in [-0.3, -0.25) is 0 Å². The van der Waals surface area contributed by atoms with Gasteiger partial charge in [-0.2, -0.15) is 0 Å². The first-order valence-corrected chi connectivity index (χ1v) is 7.30. The molecule has 1 aromatic carbocycles. The molecule has 3 N–H and O–H groups in total. The number of nitrogens with two attached hydrogens (primary N) is 1. The lowest BCUT2D eigenvalue weighted by atomic mass is 10.0. The molecule has 0 heterocycles. The number of anilines is 1. The number of halogens is 1. The molecule has 0 aliphatic heterocycles. The molecule has 2 rings (SSSR count). The topological polar surface area (TPSA) is 38.0 Å². The highest BCUT2D eigenvalue weighted by Crippen LogP contribution is 2.68. The van der Waals surface area contributed by atoms with Gasteiger partial charge in [-0.05, 0) is 34.9 Å². The first-order valence-electron chi connectivity index (χ1n) is 6.51. The molecule has 1 aliphatic rings. The third-order valence-electron chi connectivity index (χ3n) is 5.06. The van der Waals surface area contributed by atoms with Crippen molar-refractivity contribution in [3.8, 4) is 0 Å². The second-order valence-electron chi connectivity index (χ2n) is 6.44. The van der Waals surface area contributed by atoms with Gasteiger partial charge in [0, 0.05) is 17.8 Å². The Morgan fingerprint density at radius 1 is 1.32 bits per heavy atom. The predicted octanol–water partition coefficient (Wildman–Crippen LogP) is 4.07. The van der Waals surface area contributed by atoms with Gasteiger partial charge in [0.15, 0.2) is 0 Å². The van der Waals surface area contributed by atoms with E-state index < -0.39 is 0 Å². The number of hydrogen-bond donors (Lipinski definition) is 2. The van der Waals surface area contributed by atoms with Crippen LogP contribution in [0, 0.1) is 16.7 Å². The van der Waals surface area contributed by atoms with Crippen LogP contribution in [0.4, 0.5) is 5.69 Å². The summed E-state index contributed by atoms with van der Waals surface area (Å²) >= 11 is 11.1. The molecular formula is C15H21ClN2S. The van der Waals surface area contributed by atoms with E-state index in [1.165, 1.54) is 0 Å². The van der Waals surface area contributed by atoms with E-state index in [0.717, 1.165) is 17.8 Å². The van der Waals surface area contributed by atoms with Crippen molar-refractivity contribution in [3.05, 3.63) is 28.8 Å². The molecule has 4 heteroatoms. The Balaban J connectivity index is 2.02. The first-order chi connectivity index (χ1) is 8.68. The van der Waals surface area contributed by atoms with E-state index in [1.807, 2.05) is 18.2 Å². The van der Waals surface area contributed by atoms with E-state index in [1.54, 1.807) is 0 Å². The van der Waals surface area contributed by atoms with Crippen molar-refractivity contribution in [2.24, 2.45) is 22.5 Å². The molecule has 0 atom stereocenters. The summed E-state index contributed by atoms with van der Waals surface area (Å²) < 4.78 is 0. The molecule has 19 heavy (non-hydrogen) atoms. The molecule has 1 aromatic rings. The van der Waals surface area contributed by atoms with Crippen LogP contribution in [-0.2, 0) is 0 Å². The Morgan fingerprint density at radius 3 is 2.32 bits per heavy atom. The predicted molar refractivity (Wildman–Crippen MR) is 86.9 cm³/mol. The molecule has 1 saturated carbocycles. The summed E-state index contributed by atoms with van der Waals surface area (Å²) in [6.07, 6.45) is 0. The van der Waals surface area contributed by atoms with E-state index in [2.05, 4.69) is 33.0 Å². The maximum Gasteiger partial charge on any atom is 0.105 e. The molecule has 2 nitrogen and oxygen atoms in total. The van der Waals surface area contributed by atoms with Crippen LogP contribution in [0.25, 0.3) is 0 Å². The zero-order valence-corrected chi connectivity index (χ0v) is 13.5. The normalized spacial score (nSPS) is 20.1. The van der Waals surface area contributed by atoms with Gasteiger partial charge in [0.2, 0.25) is 0 Å². The van der Waals surface area contributed by atoms with Crippen LogP contribution in [0.3, 0.4) is 0 Å². The summed E-state index contributed by atoms with van der Waals surface area (Å²) in [7, 11) is 0. The Morgan fingerprint density at radius 2 is 1.89 bits per heavy atom. The summed E-state index contributed by atoms with van der Waals surface area (Å²) in [5, 5.41) is 4.06. The average molecular weight is 297 g/mol. The Hall–Kier alpha value is -0.800. The van der Waals surface area contributed by atoms with Gasteiger partial charge >= 0.3 is 0 Å². The van der Waals surface area contributed by atoms with E-state index >= 15 is 0 Å². The van der Waals surface area contributed by atoms with E-state index in [0.29, 0.717) is 26.8 Å². The van der Waals surface area contributed by atoms with Gasteiger partial charge in [0.25, 0.3) is 0 Å². The third-order valence-corrected chi connectivity index (χ3v) is 5.60. The number of nitrogens with one attached hydrogen (secondary N) is 1. The maximum atomic E-state index is 6.16. The third kappa shape index (κ3) is 2.46. The Bertz CT molecular complexity index is 509. The van der Waals surface area contributed by atoms with Crippen LogP contribution in [0.1, 0.15) is 33.3 Å². The van der Waals surface area contributed by atoms with E-state index in [-0.39, 0.29) is 0 Å². The van der Waals surface area contributed by atoms with Gasteiger partial charge in [0.1, 0.15) is 4.99 Å². The maximum absolute atomic E-state index is 6.16. The highest BCUT2D eigenvalue weighted by molar-refractivity contribution is 7.80. The summed E-state index contributed by atoms with van der Waals surface area (Å²) in [6, 6.07) is 5.73. The summed E-state index contributed by atoms with van der Waals surface area (Å²) in [4.78, 5) is 0.334. The summed E-state index contributed by atoms with van der Waals surface area (Å²) in [5.41, 5.74) is 8.13. The minimum Gasteiger partial charge on any atom is -0.389 e. The molecular weight excluding hydrogens is 276 g/mol. The van der Waals surface area contributed by atoms with E-state index in [9.17, 15) is 0 Å². The summed E-state index contributed by atoms with van der Waals surface area (Å²) in [6.45, 7) is 10.2. The SMILES string of the molecule is CC1(C)C(CNc2ccc(C(N)=S)c(Cl)c2)C1(C)C. The van der Waals surface area contributed by atoms with Gasteiger partial charge in [-0.25, -0.2) is 0 Å². The van der Waals surface area contributed by atoms with Gasteiger partial charge in [0.05, 0.1) is 5.02 Å². The quantitative estimate of drug-likeness (QED) is 0.823. The standard InChI is InChI=1S/C15H21ClN2S/c1-14(2)12(15(14,3)4)8-18-9-5-6-10(13(17)19)11(16)7-9/h5-7,12,18H,8H2,1-4H3,(H2,17,19). The summed E-state index contributed by atoms with van der Waals surface area (Å²) in [5.74, 6) is 0.675.